The predicted octanol–water partition coefficient (Wildman–Crippen LogP) is 1.74. The summed E-state index contributed by atoms with van der Waals surface area (Å²) in [7, 11) is -3.79. The molecule has 0 amide bonds. The number of nitrogens with two attached hydrogens (primary N) is 1. The van der Waals surface area contributed by atoms with Crippen LogP contribution in [0.25, 0.3) is 0 Å². The summed E-state index contributed by atoms with van der Waals surface area (Å²) in [6, 6.07) is 3.22. The number of rotatable bonds is 8. The van der Waals surface area contributed by atoms with Gasteiger partial charge in [-0.1, -0.05) is 20.3 Å². The topological polar surface area (TPSA) is 127 Å². The van der Waals surface area contributed by atoms with E-state index in [1.807, 2.05) is 13.8 Å². The van der Waals surface area contributed by atoms with Crippen LogP contribution in [0.2, 0.25) is 0 Å². The fourth-order valence-corrected chi connectivity index (χ4v) is 3.46. The van der Waals surface area contributed by atoms with Gasteiger partial charge in [0.05, 0.1) is 10.6 Å². The van der Waals surface area contributed by atoms with Crippen molar-refractivity contribution in [3.8, 4) is 0 Å². The molecule has 1 aromatic carbocycles. The van der Waals surface area contributed by atoms with Gasteiger partial charge in [0.25, 0.3) is 5.69 Å². The Morgan fingerprint density at radius 1 is 1.38 bits per heavy atom. The standard InChI is InChI=1S/C12H20N4O4S/c1-3-5-9(4-2)15-21(19,20)12-7-6-10(16(17)18)8-11(12)14-13/h6-9,14-15H,3-5,13H2,1-2H3. The van der Waals surface area contributed by atoms with Gasteiger partial charge in [-0.05, 0) is 18.9 Å². The molecule has 9 heteroatoms. The van der Waals surface area contributed by atoms with Crippen molar-refractivity contribution in [1.29, 1.82) is 0 Å². The van der Waals surface area contributed by atoms with E-state index in [1.165, 1.54) is 6.07 Å². The molecule has 0 aliphatic carbocycles. The summed E-state index contributed by atoms with van der Waals surface area (Å²) >= 11 is 0. The number of non-ortho nitro benzene ring substituents is 1. The number of nitrogen functional groups attached to an aromatic ring is 1. The molecule has 1 unspecified atom stereocenters. The number of nitrogens with zero attached hydrogens (tertiary/aromatic N) is 1. The van der Waals surface area contributed by atoms with Crippen LogP contribution in [0.5, 0.6) is 0 Å². The fourth-order valence-electron chi connectivity index (χ4n) is 1.96. The summed E-state index contributed by atoms with van der Waals surface area (Å²) in [5.41, 5.74) is 1.95. The maximum Gasteiger partial charge on any atom is 0.271 e. The summed E-state index contributed by atoms with van der Waals surface area (Å²) in [5, 5.41) is 10.7. The highest BCUT2D eigenvalue weighted by molar-refractivity contribution is 7.89. The maximum absolute atomic E-state index is 12.4. The largest absolute Gasteiger partial charge is 0.323 e. The SMILES string of the molecule is CCCC(CC)NS(=O)(=O)c1ccc([N+](=O)[O-])cc1NN. The van der Waals surface area contributed by atoms with Crippen LogP contribution in [0.3, 0.4) is 0 Å². The highest BCUT2D eigenvalue weighted by Crippen LogP contribution is 2.26. The van der Waals surface area contributed by atoms with Crippen LogP contribution in [-0.4, -0.2) is 19.4 Å². The summed E-state index contributed by atoms with van der Waals surface area (Å²) in [5.74, 6) is 5.27. The molecule has 0 fully saturated rings. The lowest BCUT2D eigenvalue weighted by Crippen LogP contribution is -2.34. The van der Waals surface area contributed by atoms with Crippen molar-refractivity contribution in [2.75, 3.05) is 5.43 Å². The lowest BCUT2D eigenvalue weighted by Gasteiger charge is -2.17. The Bertz CT molecular complexity index is 603. The van der Waals surface area contributed by atoms with Crippen LogP contribution in [0.15, 0.2) is 23.1 Å². The zero-order valence-corrected chi connectivity index (χ0v) is 12.8. The smallest absolute Gasteiger partial charge is 0.271 e. The van der Waals surface area contributed by atoms with Crippen molar-refractivity contribution in [3.05, 3.63) is 28.3 Å². The number of nitrogens with one attached hydrogen (secondary N) is 2. The molecule has 0 aliphatic heterocycles. The summed E-state index contributed by atoms with van der Waals surface area (Å²) in [6.07, 6.45) is 2.23. The molecule has 0 spiro atoms. The number of hydrogen-bond donors (Lipinski definition) is 3. The molecule has 118 valence electrons. The molecule has 8 nitrogen and oxygen atoms in total. The molecule has 0 saturated carbocycles. The van der Waals surface area contributed by atoms with Crippen molar-refractivity contribution in [2.24, 2.45) is 5.84 Å². The van der Waals surface area contributed by atoms with Gasteiger partial charge in [-0.3, -0.25) is 16.0 Å². The van der Waals surface area contributed by atoms with Crippen LogP contribution in [0, 0.1) is 10.1 Å². The molecule has 0 saturated heterocycles. The van der Waals surface area contributed by atoms with Gasteiger partial charge in [-0.2, -0.15) is 0 Å². The molecular weight excluding hydrogens is 296 g/mol. The molecule has 0 aliphatic rings. The van der Waals surface area contributed by atoms with Crippen molar-refractivity contribution in [1.82, 2.24) is 4.72 Å². The number of hydrogen-bond acceptors (Lipinski definition) is 6. The Kier molecular flexibility index (Phi) is 6.06. The minimum Gasteiger partial charge on any atom is -0.323 e. The Morgan fingerprint density at radius 3 is 2.52 bits per heavy atom. The number of nitro groups is 1. The third kappa shape index (κ3) is 4.38. The van der Waals surface area contributed by atoms with Gasteiger partial charge in [0, 0.05) is 18.2 Å². The van der Waals surface area contributed by atoms with Gasteiger partial charge >= 0.3 is 0 Å². The van der Waals surface area contributed by atoms with Crippen molar-refractivity contribution in [2.45, 2.75) is 44.0 Å². The molecule has 0 bridgehead atoms. The molecule has 1 atom stereocenters. The molecular formula is C12H20N4O4S. The average Bonchev–Trinajstić information content (AvgIpc) is 2.45. The lowest BCUT2D eigenvalue weighted by atomic mass is 10.1. The van der Waals surface area contributed by atoms with Gasteiger partial charge in [0.15, 0.2) is 0 Å². The van der Waals surface area contributed by atoms with E-state index in [0.29, 0.717) is 12.8 Å². The first-order chi connectivity index (χ1) is 9.85. The molecule has 0 aromatic heterocycles. The molecule has 1 aromatic rings. The number of sulfonamides is 1. The zero-order valence-electron chi connectivity index (χ0n) is 12.0. The first-order valence-corrected chi connectivity index (χ1v) is 8.11. The van der Waals surface area contributed by atoms with Crippen LogP contribution in [-0.2, 0) is 10.0 Å². The minimum absolute atomic E-state index is 0.0111. The van der Waals surface area contributed by atoms with Gasteiger partial charge in [0.2, 0.25) is 10.0 Å². The first-order valence-electron chi connectivity index (χ1n) is 6.63. The predicted molar refractivity (Wildman–Crippen MR) is 80.2 cm³/mol. The number of nitro benzene ring substituents is 1. The summed E-state index contributed by atoms with van der Waals surface area (Å²) in [4.78, 5) is 9.99. The normalized spacial score (nSPS) is 12.9. The number of hydrazine groups is 1. The Balaban J connectivity index is 3.15. The van der Waals surface area contributed by atoms with Crippen LogP contribution < -0.4 is 16.0 Å². The van der Waals surface area contributed by atoms with Crippen molar-refractivity contribution < 1.29 is 13.3 Å². The van der Waals surface area contributed by atoms with E-state index in [0.717, 1.165) is 18.6 Å². The molecule has 0 heterocycles. The number of benzene rings is 1. The highest BCUT2D eigenvalue weighted by Gasteiger charge is 2.23. The van der Waals surface area contributed by atoms with Gasteiger partial charge < -0.3 is 5.43 Å². The second kappa shape index (κ2) is 7.34. The highest BCUT2D eigenvalue weighted by atomic mass is 32.2. The molecule has 0 radical (unpaired) electrons. The second-order valence-corrected chi connectivity index (χ2v) is 6.28. The minimum atomic E-state index is -3.79. The average molecular weight is 316 g/mol. The quantitative estimate of drug-likeness (QED) is 0.381. The van der Waals surface area contributed by atoms with E-state index in [-0.39, 0.29) is 22.3 Å². The van der Waals surface area contributed by atoms with E-state index in [2.05, 4.69) is 10.1 Å². The van der Waals surface area contributed by atoms with Crippen molar-refractivity contribution in [3.63, 3.8) is 0 Å². The second-order valence-electron chi connectivity index (χ2n) is 4.60. The monoisotopic (exact) mass is 316 g/mol. The number of anilines is 1. The van der Waals surface area contributed by atoms with Crippen LogP contribution >= 0.6 is 0 Å². The maximum atomic E-state index is 12.4. The van der Waals surface area contributed by atoms with Gasteiger partial charge in [-0.15, -0.1) is 0 Å². The Morgan fingerprint density at radius 2 is 2.05 bits per heavy atom. The van der Waals surface area contributed by atoms with Crippen molar-refractivity contribution >= 4 is 21.4 Å². The molecule has 1 rings (SSSR count). The third-order valence-corrected chi connectivity index (χ3v) is 4.65. The van der Waals surface area contributed by atoms with E-state index in [1.54, 1.807) is 0 Å². The van der Waals surface area contributed by atoms with E-state index in [4.69, 9.17) is 5.84 Å². The zero-order chi connectivity index (χ0) is 16.0. The molecule has 4 N–H and O–H groups in total. The van der Waals surface area contributed by atoms with E-state index < -0.39 is 14.9 Å². The van der Waals surface area contributed by atoms with E-state index in [9.17, 15) is 18.5 Å². The third-order valence-electron chi connectivity index (χ3n) is 3.07. The van der Waals surface area contributed by atoms with Crippen LogP contribution in [0.1, 0.15) is 33.1 Å². The summed E-state index contributed by atoms with van der Waals surface area (Å²) < 4.78 is 27.3. The Labute approximate surface area is 123 Å². The molecule has 21 heavy (non-hydrogen) atoms. The van der Waals surface area contributed by atoms with Gasteiger partial charge in [0.1, 0.15) is 4.90 Å². The fraction of sp³-hybridized carbons (Fsp3) is 0.500. The van der Waals surface area contributed by atoms with Crippen LogP contribution in [0.4, 0.5) is 11.4 Å². The summed E-state index contributed by atoms with van der Waals surface area (Å²) in [6.45, 7) is 3.86. The lowest BCUT2D eigenvalue weighted by molar-refractivity contribution is -0.384. The Hall–Kier alpha value is -1.71. The first kappa shape index (κ1) is 17.3. The van der Waals surface area contributed by atoms with Gasteiger partial charge in [-0.25, -0.2) is 13.1 Å². The van der Waals surface area contributed by atoms with E-state index >= 15 is 0 Å².